The number of morpholine rings is 1. The van der Waals surface area contributed by atoms with Crippen molar-refractivity contribution < 1.29 is 39.5 Å². The van der Waals surface area contributed by atoms with E-state index in [0.717, 1.165) is 17.0 Å². The lowest BCUT2D eigenvalue weighted by Crippen LogP contribution is -2.43. The van der Waals surface area contributed by atoms with Crippen LogP contribution in [0.4, 0.5) is 18.9 Å². The van der Waals surface area contributed by atoms with E-state index in [1.165, 1.54) is 11.8 Å². The average Bonchev–Trinajstić information content (AvgIpc) is 2.82. The van der Waals surface area contributed by atoms with Gasteiger partial charge in [-0.25, -0.2) is 22.0 Å². The van der Waals surface area contributed by atoms with E-state index in [0.29, 0.717) is 32.4 Å². The number of primary sulfonamides is 1. The van der Waals surface area contributed by atoms with E-state index in [9.17, 15) is 34.8 Å². The molecule has 0 spiro atoms. The molecule has 1 atom stereocenters. The quantitative estimate of drug-likeness (QED) is 0.441. The summed E-state index contributed by atoms with van der Waals surface area (Å²) in [5, 5.41) is 7.73. The Morgan fingerprint density at radius 1 is 1.08 bits per heavy atom. The van der Waals surface area contributed by atoms with Crippen molar-refractivity contribution in [2.75, 3.05) is 37.4 Å². The molecular formula is C21H24F3N3O6S3. The van der Waals surface area contributed by atoms with Crippen LogP contribution in [0.5, 0.6) is 0 Å². The lowest BCUT2D eigenvalue weighted by atomic mass is 10.2. The fourth-order valence-corrected chi connectivity index (χ4v) is 5.89. The molecule has 0 bridgehead atoms. The van der Waals surface area contributed by atoms with Crippen LogP contribution >= 0.6 is 11.8 Å². The van der Waals surface area contributed by atoms with Crippen molar-refractivity contribution >= 4 is 43.2 Å². The SMILES string of the molecule is NS(=O)(=O)c1ccc(NC(CSc2ccccc2)CC(=O)N2CCOCC2)c(S(=O)(=O)C(F)(F)F)c1. The minimum absolute atomic E-state index is 0.151. The molecule has 0 saturated carbocycles. The predicted octanol–water partition coefficient (Wildman–Crippen LogP) is 2.45. The van der Waals surface area contributed by atoms with Gasteiger partial charge < -0.3 is 15.0 Å². The van der Waals surface area contributed by atoms with E-state index in [4.69, 9.17) is 9.88 Å². The molecule has 1 unspecified atom stereocenters. The molecule has 2 aromatic carbocycles. The first-order chi connectivity index (χ1) is 16.8. The van der Waals surface area contributed by atoms with Gasteiger partial charge in [-0.3, -0.25) is 4.79 Å². The Morgan fingerprint density at radius 2 is 1.72 bits per heavy atom. The van der Waals surface area contributed by atoms with Gasteiger partial charge in [0.1, 0.15) is 4.90 Å². The molecule has 3 rings (SSSR count). The zero-order chi connectivity index (χ0) is 26.6. The van der Waals surface area contributed by atoms with Crippen LogP contribution in [-0.4, -0.2) is 71.2 Å². The number of nitrogens with zero attached hydrogens (tertiary/aromatic N) is 1. The minimum Gasteiger partial charge on any atom is -0.380 e. The van der Waals surface area contributed by atoms with Gasteiger partial charge in [0.2, 0.25) is 15.9 Å². The Balaban J connectivity index is 1.96. The topological polar surface area (TPSA) is 136 Å². The Kier molecular flexibility index (Phi) is 8.93. The maximum absolute atomic E-state index is 13.4. The highest BCUT2D eigenvalue weighted by Crippen LogP contribution is 2.36. The number of thioether (sulfide) groups is 1. The Hall–Kier alpha value is -2.33. The number of sulfonamides is 1. The summed E-state index contributed by atoms with van der Waals surface area (Å²) in [6.07, 6.45) is -0.151. The molecule has 1 aliphatic heterocycles. The number of halogens is 3. The molecule has 1 amide bonds. The highest BCUT2D eigenvalue weighted by molar-refractivity contribution is 7.99. The Bertz CT molecular complexity index is 1280. The van der Waals surface area contributed by atoms with Crippen LogP contribution in [0.1, 0.15) is 6.42 Å². The predicted molar refractivity (Wildman–Crippen MR) is 128 cm³/mol. The van der Waals surface area contributed by atoms with Gasteiger partial charge in [-0.15, -0.1) is 11.8 Å². The van der Waals surface area contributed by atoms with Gasteiger partial charge in [0.05, 0.1) is 23.8 Å². The van der Waals surface area contributed by atoms with Gasteiger partial charge in [-0.05, 0) is 30.3 Å². The number of sulfone groups is 1. The van der Waals surface area contributed by atoms with E-state index >= 15 is 0 Å². The second-order valence-corrected chi connectivity index (χ2v) is 12.4. The van der Waals surface area contributed by atoms with E-state index in [-0.39, 0.29) is 18.1 Å². The molecule has 1 heterocycles. The molecule has 9 nitrogen and oxygen atoms in total. The number of rotatable bonds is 9. The number of ether oxygens (including phenoxy) is 1. The third-order valence-electron chi connectivity index (χ3n) is 5.21. The van der Waals surface area contributed by atoms with E-state index < -0.39 is 46.9 Å². The zero-order valence-electron chi connectivity index (χ0n) is 18.8. The van der Waals surface area contributed by atoms with Crippen LogP contribution in [0.15, 0.2) is 63.2 Å². The molecule has 1 aliphatic rings. The first kappa shape index (κ1) is 28.2. The van der Waals surface area contributed by atoms with E-state index in [1.54, 1.807) is 17.0 Å². The molecule has 36 heavy (non-hydrogen) atoms. The number of nitrogens with two attached hydrogens (primary N) is 1. The molecule has 15 heteroatoms. The van der Waals surface area contributed by atoms with Crippen molar-refractivity contribution in [1.29, 1.82) is 0 Å². The van der Waals surface area contributed by atoms with Crippen LogP contribution in [-0.2, 0) is 29.4 Å². The standard InChI is InChI=1S/C21H24F3N3O6S3/c22-21(23,24)35(29,30)19-13-17(36(25,31)32)6-7-18(19)26-15(14-34-16-4-2-1-3-5-16)12-20(28)27-8-10-33-11-9-27/h1-7,13,15,26H,8-12,14H2,(H2,25,31,32). The van der Waals surface area contributed by atoms with Crippen molar-refractivity contribution in [2.45, 2.75) is 32.7 Å². The number of carbonyl (C=O) groups is 1. The summed E-state index contributed by atoms with van der Waals surface area (Å²) in [5.74, 6) is -0.0893. The number of amides is 1. The van der Waals surface area contributed by atoms with Gasteiger partial charge >= 0.3 is 5.51 Å². The van der Waals surface area contributed by atoms with Crippen LogP contribution in [0.2, 0.25) is 0 Å². The van der Waals surface area contributed by atoms with Crippen LogP contribution in [0.25, 0.3) is 0 Å². The number of carbonyl (C=O) groups excluding carboxylic acids is 1. The van der Waals surface area contributed by atoms with E-state index in [1.807, 2.05) is 18.2 Å². The second kappa shape index (κ2) is 11.4. The van der Waals surface area contributed by atoms with Crippen molar-refractivity contribution in [3.8, 4) is 0 Å². The smallest absolute Gasteiger partial charge is 0.380 e. The maximum Gasteiger partial charge on any atom is 0.501 e. The van der Waals surface area contributed by atoms with Gasteiger partial charge in [0.25, 0.3) is 9.84 Å². The first-order valence-corrected chi connectivity index (χ1v) is 14.6. The van der Waals surface area contributed by atoms with Crippen LogP contribution < -0.4 is 10.5 Å². The molecule has 0 radical (unpaired) electrons. The van der Waals surface area contributed by atoms with Gasteiger partial charge in [0.15, 0.2) is 0 Å². The minimum atomic E-state index is -5.95. The van der Waals surface area contributed by atoms with Crippen molar-refractivity contribution in [3.05, 3.63) is 48.5 Å². The third kappa shape index (κ3) is 7.12. The van der Waals surface area contributed by atoms with Gasteiger partial charge in [0, 0.05) is 36.2 Å². The van der Waals surface area contributed by atoms with Gasteiger partial charge in [-0.2, -0.15) is 13.2 Å². The summed E-state index contributed by atoms with van der Waals surface area (Å²) in [7, 11) is -10.4. The average molecular weight is 568 g/mol. The Morgan fingerprint density at radius 3 is 2.31 bits per heavy atom. The molecule has 3 N–H and O–H groups in total. The highest BCUT2D eigenvalue weighted by Gasteiger charge is 2.48. The lowest BCUT2D eigenvalue weighted by Gasteiger charge is -2.29. The highest BCUT2D eigenvalue weighted by atomic mass is 32.2. The number of hydrogen-bond acceptors (Lipinski definition) is 8. The number of hydrogen-bond donors (Lipinski definition) is 2. The number of anilines is 1. The third-order valence-corrected chi connectivity index (χ3v) is 8.83. The van der Waals surface area contributed by atoms with Crippen LogP contribution in [0.3, 0.4) is 0 Å². The summed E-state index contributed by atoms with van der Waals surface area (Å²) in [6, 6.07) is 10.4. The number of nitrogens with one attached hydrogen (secondary N) is 1. The molecule has 0 aliphatic carbocycles. The van der Waals surface area contributed by atoms with Crippen molar-refractivity contribution in [3.63, 3.8) is 0 Å². The molecule has 2 aromatic rings. The zero-order valence-corrected chi connectivity index (χ0v) is 21.2. The van der Waals surface area contributed by atoms with E-state index in [2.05, 4.69) is 5.32 Å². The molecule has 1 fully saturated rings. The summed E-state index contributed by atoms with van der Waals surface area (Å²) in [5.41, 5.74) is -6.19. The lowest BCUT2D eigenvalue weighted by molar-refractivity contribution is -0.135. The van der Waals surface area contributed by atoms with Crippen molar-refractivity contribution in [1.82, 2.24) is 4.90 Å². The summed E-state index contributed by atoms with van der Waals surface area (Å²) < 4.78 is 93.4. The fourth-order valence-electron chi connectivity index (χ4n) is 3.38. The maximum atomic E-state index is 13.4. The monoisotopic (exact) mass is 567 g/mol. The first-order valence-electron chi connectivity index (χ1n) is 10.6. The van der Waals surface area contributed by atoms with Crippen LogP contribution in [0, 0.1) is 0 Å². The van der Waals surface area contributed by atoms with Crippen molar-refractivity contribution in [2.24, 2.45) is 5.14 Å². The number of benzene rings is 2. The Labute approximate surface area is 211 Å². The fraction of sp³-hybridized carbons (Fsp3) is 0.381. The summed E-state index contributed by atoms with van der Waals surface area (Å²) >= 11 is 1.32. The molecule has 0 aromatic heterocycles. The second-order valence-electron chi connectivity index (χ2n) is 7.81. The van der Waals surface area contributed by atoms with Gasteiger partial charge in [-0.1, -0.05) is 18.2 Å². The normalized spacial score (nSPS) is 15.9. The largest absolute Gasteiger partial charge is 0.501 e. The molecule has 1 saturated heterocycles. The molecular weight excluding hydrogens is 543 g/mol. The molecule has 198 valence electrons. The number of alkyl halides is 3. The summed E-state index contributed by atoms with van der Waals surface area (Å²) in [4.78, 5) is 13.2. The summed E-state index contributed by atoms with van der Waals surface area (Å²) in [6.45, 7) is 1.42.